The molecule has 1 heterocycles. The number of unbranched alkanes of at least 4 members (excludes halogenated alkanes) is 1. The lowest BCUT2D eigenvalue weighted by Crippen LogP contribution is -2.46. The number of rotatable bonds is 3. The molecule has 4 nitrogen and oxygen atoms in total. The highest BCUT2D eigenvalue weighted by Gasteiger charge is 2.15. The first kappa shape index (κ1) is 10.9. The summed E-state index contributed by atoms with van der Waals surface area (Å²) in [7, 11) is 0. The third kappa shape index (κ3) is 3.67. The summed E-state index contributed by atoms with van der Waals surface area (Å²) in [6.45, 7) is 3.29. The number of nitrogens with zero attached hydrogens (tertiary/aromatic N) is 1. The first-order valence-corrected chi connectivity index (χ1v) is 4.88. The summed E-state index contributed by atoms with van der Waals surface area (Å²) in [5, 5.41) is 2.82. The number of hydrogen-bond donors (Lipinski definition) is 1. The fourth-order valence-electron chi connectivity index (χ4n) is 1.26. The van der Waals surface area contributed by atoms with Gasteiger partial charge in [0.2, 0.25) is 0 Å². The molecule has 1 rings (SSSR count). The molecule has 0 radical (unpaired) electrons. The molecule has 0 saturated carbocycles. The zero-order valence-corrected chi connectivity index (χ0v) is 8.29. The Hall–Kier alpha value is -1.21. The highest BCUT2D eigenvalue weighted by atomic mass is 16.5. The summed E-state index contributed by atoms with van der Waals surface area (Å²) in [5.74, 6) is 2.54. The van der Waals surface area contributed by atoms with Gasteiger partial charge in [0.05, 0.1) is 13.2 Å². The molecular formula is C10H16N2O2. The molecule has 0 aliphatic carbocycles. The number of carbonyl (C=O) groups excluding carboxylic acids is 1. The van der Waals surface area contributed by atoms with Gasteiger partial charge in [0.15, 0.2) is 0 Å². The number of morpholine rings is 1. The van der Waals surface area contributed by atoms with E-state index < -0.39 is 0 Å². The van der Waals surface area contributed by atoms with Gasteiger partial charge < -0.3 is 15.0 Å². The Bertz CT molecular complexity index is 217. The van der Waals surface area contributed by atoms with Crippen molar-refractivity contribution >= 4 is 6.03 Å². The van der Waals surface area contributed by atoms with Gasteiger partial charge in [-0.1, -0.05) is 0 Å². The quantitative estimate of drug-likeness (QED) is 0.525. The van der Waals surface area contributed by atoms with E-state index in [1.54, 1.807) is 4.90 Å². The zero-order chi connectivity index (χ0) is 10.2. The fraction of sp³-hybridized carbons (Fsp3) is 0.700. The van der Waals surface area contributed by atoms with Crippen LogP contribution >= 0.6 is 0 Å². The average Bonchev–Trinajstić information content (AvgIpc) is 2.25. The molecule has 0 atom stereocenters. The third-order valence-corrected chi connectivity index (χ3v) is 2.07. The van der Waals surface area contributed by atoms with E-state index in [9.17, 15) is 4.79 Å². The fourth-order valence-corrected chi connectivity index (χ4v) is 1.26. The first-order valence-electron chi connectivity index (χ1n) is 4.88. The van der Waals surface area contributed by atoms with Crippen LogP contribution in [-0.2, 0) is 4.74 Å². The molecule has 4 heteroatoms. The van der Waals surface area contributed by atoms with Gasteiger partial charge in [0.25, 0.3) is 0 Å². The van der Waals surface area contributed by atoms with Crippen molar-refractivity contribution in [2.24, 2.45) is 0 Å². The van der Waals surface area contributed by atoms with Crippen LogP contribution in [0.25, 0.3) is 0 Å². The third-order valence-electron chi connectivity index (χ3n) is 2.07. The summed E-state index contributed by atoms with van der Waals surface area (Å²) in [4.78, 5) is 13.2. The monoisotopic (exact) mass is 196 g/mol. The van der Waals surface area contributed by atoms with Crippen molar-refractivity contribution in [3.63, 3.8) is 0 Å². The van der Waals surface area contributed by atoms with Crippen molar-refractivity contribution in [3.05, 3.63) is 0 Å². The minimum atomic E-state index is -0.00896. The van der Waals surface area contributed by atoms with E-state index in [0.29, 0.717) is 39.3 Å². The van der Waals surface area contributed by atoms with Gasteiger partial charge >= 0.3 is 6.03 Å². The summed E-state index contributed by atoms with van der Waals surface area (Å²) in [5.41, 5.74) is 0. The number of urea groups is 1. The molecule has 0 aromatic heterocycles. The molecule has 0 aromatic rings. The van der Waals surface area contributed by atoms with E-state index in [0.717, 1.165) is 6.42 Å². The Kier molecular flexibility index (Phi) is 4.87. The summed E-state index contributed by atoms with van der Waals surface area (Å²) in [6, 6.07) is -0.00896. The van der Waals surface area contributed by atoms with E-state index in [2.05, 4.69) is 11.2 Å². The minimum absolute atomic E-state index is 0.00896. The normalized spacial score (nSPS) is 16.1. The van der Waals surface area contributed by atoms with Crippen molar-refractivity contribution < 1.29 is 9.53 Å². The first-order chi connectivity index (χ1) is 6.84. The second kappa shape index (κ2) is 6.28. The smallest absolute Gasteiger partial charge is 0.317 e. The molecule has 2 amide bonds. The maximum absolute atomic E-state index is 11.5. The lowest BCUT2D eigenvalue weighted by molar-refractivity contribution is 0.0532. The maximum Gasteiger partial charge on any atom is 0.317 e. The van der Waals surface area contributed by atoms with Crippen LogP contribution in [0.2, 0.25) is 0 Å². The van der Waals surface area contributed by atoms with Crippen molar-refractivity contribution in [3.8, 4) is 12.3 Å². The highest BCUT2D eigenvalue weighted by molar-refractivity contribution is 5.74. The van der Waals surface area contributed by atoms with Gasteiger partial charge in [0, 0.05) is 26.1 Å². The molecule has 14 heavy (non-hydrogen) atoms. The second-order valence-corrected chi connectivity index (χ2v) is 3.14. The molecule has 1 fully saturated rings. The Morgan fingerprint density at radius 1 is 1.50 bits per heavy atom. The van der Waals surface area contributed by atoms with Crippen LogP contribution in [0.4, 0.5) is 4.79 Å². The zero-order valence-electron chi connectivity index (χ0n) is 8.29. The molecule has 0 aromatic carbocycles. The molecule has 78 valence electrons. The summed E-state index contributed by atoms with van der Waals surface area (Å²) < 4.78 is 5.14. The Morgan fingerprint density at radius 2 is 2.21 bits per heavy atom. The van der Waals surface area contributed by atoms with Crippen LogP contribution < -0.4 is 5.32 Å². The van der Waals surface area contributed by atoms with E-state index in [4.69, 9.17) is 11.2 Å². The molecule has 1 aliphatic rings. The molecule has 0 bridgehead atoms. The molecule has 0 spiro atoms. The number of carbonyl (C=O) groups is 1. The van der Waals surface area contributed by atoms with Crippen LogP contribution in [0.1, 0.15) is 12.8 Å². The van der Waals surface area contributed by atoms with Crippen LogP contribution in [0.5, 0.6) is 0 Å². The molecule has 0 unspecified atom stereocenters. The van der Waals surface area contributed by atoms with Gasteiger partial charge in [-0.15, -0.1) is 12.3 Å². The number of terminal acetylenes is 1. The van der Waals surface area contributed by atoms with E-state index in [1.807, 2.05) is 0 Å². The summed E-state index contributed by atoms with van der Waals surface area (Å²) in [6.07, 6.45) is 6.65. The lowest BCUT2D eigenvalue weighted by atomic mass is 10.3. The van der Waals surface area contributed by atoms with Gasteiger partial charge in [0.1, 0.15) is 0 Å². The largest absolute Gasteiger partial charge is 0.378 e. The Morgan fingerprint density at radius 3 is 2.86 bits per heavy atom. The number of amides is 2. The van der Waals surface area contributed by atoms with E-state index >= 15 is 0 Å². The number of ether oxygens (including phenoxy) is 1. The molecule has 1 N–H and O–H groups in total. The predicted octanol–water partition coefficient (Wildman–Crippen LogP) is 0.442. The maximum atomic E-state index is 11.5. The number of nitrogens with one attached hydrogen (secondary N) is 1. The SMILES string of the molecule is C#CCCCNC(=O)N1CCOCC1. The second-order valence-electron chi connectivity index (χ2n) is 3.14. The summed E-state index contributed by atoms with van der Waals surface area (Å²) >= 11 is 0. The Balaban J connectivity index is 2.11. The standard InChI is InChI=1S/C10H16N2O2/c1-2-3-4-5-11-10(13)12-6-8-14-9-7-12/h1H,3-9H2,(H,11,13). The van der Waals surface area contributed by atoms with Gasteiger partial charge in [-0.3, -0.25) is 0 Å². The minimum Gasteiger partial charge on any atom is -0.378 e. The van der Waals surface area contributed by atoms with Gasteiger partial charge in [-0.2, -0.15) is 0 Å². The van der Waals surface area contributed by atoms with Crippen LogP contribution in [0.3, 0.4) is 0 Å². The van der Waals surface area contributed by atoms with E-state index in [1.165, 1.54) is 0 Å². The Labute approximate surface area is 84.6 Å². The van der Waals surface area contributed by atoms with Gasteiger partial charge in [-0.05, 0) is 6.42 Å². The molecule has 1 saturated heterocycles. The molecular weight excluding hydrogens is 180 g/mol. The predicted molar refractivity (Wildman–Crippen MR) is 53.9 cm³/mol. The number of hydrogen-bond acceptors (Lipinski definition) is 2. The lowest BCUT2D eigenvalue weighted by Gasteiger charge is -2.26. The van der Waals surface area contributed by atoms with Crippen molar-refractivity contribution in [2.75, 3.05) is 32.8 Å². The van der Waals surface area contributed by atoms with Crippen LogP contribution in [-0.4, -0.2) is 43.8 Å². The van der Waals surface area contributed by atoms with Crippen molar-refractivity contribution in [1.29, 1.82) is 0 Å². The van der Waals surface area contributed by atoms with E-state index in [-0.39, 0.29) is 6.03 Å². The average molecular weight is 196 g/mol. The van der Waals surface area contributed by atoms with Crippen molar-refractivity contribution in [2.45, 2.75) is 12.8 Å². The van der Waals surface area contributed by atoms with Gasteiger partial charge in [-0.25, -0.2) is 4.79 Å². The van der Waals surface area contributed by atoms with Crippen LogP contribution in [0.15, 0.2) is 0 Å². The van der Waals surface area contributed by atoms with Crippen molar-refractivity contribution in [1.82, 2.24) is 10.2 Å². The topological polar surface area (TPSA) is 41.6 Å². The molecule has 1 aliphatic heterocycles. The van der Waals surface area contributed by atoms with Crippen LogP contribution in [0, 0.1) is 12.3 Å². The highest BCUT2D eigenvalue weighted by Crippen LogP contribution is 1.96.